The molecule has 0 saturated heterocycles. The minimum absolute atomic E-state index is 0.304. The summed E-state index contributed by atoms with van der Waals surface area (Å²) >= 11 is 0. The number of benzene rings is 2. The van der Waals surface area contributed by atoms with Crippen LogP contribution < -0.4 is 10.5 Å². The van der Waals surface area contributed by atoms with E-state index in [2.05, 4.69) is 0 Å². The second-order valence-corrected chi connectivity index (χ2v) is 3.83. The molecule has 20 heavy (non-hydrogen) atoms. The van der Waals surface area contributed by atoms with Crippen LogP contribution in [0.15, 0.2) is 30.3 Å². The van der Waals surface area contributed by atoms with Gasteiger partial charge in [0.2, 0.25) is 5.82 Å². The third-order valence-corrected chi connectivity index (χ3v) is 2.47. The topological polar surface area (TPSA) is 72.5 Å². The van der Waals surface area contributed by atoms with Crippen molar-refractivity contribution in [3.63, 3.8) is 0 Å². The number of hydrogen-bond acceptors (Lipinski definition) is 3. The number of carboxylic acid groups (broad SMARTS) is 1. The van der Waals surface area contributed by atoms with Gasteiger partial charge in [-0.2, -0.15) is 4.39 Å². The van der Waals surface area contributed by atoms with Crippen molar-refractivity contribution in [3.8, 4) is 11.5 Å². The van der Waals surface area contributed by atoms with Crippen LogP contribution in [0.4, 0.5) is 18.9 Å². The van der Waals surface area contributed by atoms with Gasteiger partial charge in [0.25, 0.3) is 0 Å². The van der Waals surface area contributed by atoms with Crippen molar-refractivity contribution in [2.24, 2.45) is 0 Å². The van der Waals surface area contributed by atoms with Crippen molar-refractivity contribution in [1.29, 1.82) is 0 Å². The summed E-state index contributed by atoms with van der Waals surface area (Å²) in [5.41, 5.74) is 4.62. The molecule has 2 rings (SSSR count). The molecule has 0 fully saturated rings. The van der Waals surface area contributed by atoms with E-state index in [9.17, 15) is 18.0 Å². The Balaban J connectivity index is 2.46. The Morgan fingerprint density at radius 1 is 1.10 bits per heavy atom. The lowest BCUT2D eigenvalue weighted by atomic mass is 10.1. The molecule has 0 unspecified atom stereocenters. The second-order valence-electron chi connectivity index (χ2n) is 3.83. The molecule has 0 aliphatic heterocycles. The lowest BCUT2D eigenvalue weighted by Crippen LogP contribution is -2.04. The van der Waals surface area contributed by atoms with Crippen LogP contribution in [0, 0.1) is 17.5 Å². The summed E-state index contributed by atoms with van der Waals surface area (Å²) in [5, 5.41) is 8.85. The van der Waals surface area contributed by atoms with Crippen LogP contribution in [0.5, 0.6) is 11.5 Å². The van der Waals surface area contributed by atoms with E-state index >= 15 is 0 Å². The van der Waals surface area contributed by atoms with Crippen molar-refractivity contribution in [2.45, 2.75) is 0 Å². The normalized spacial score (nSPS) is 10.3. The monoisotopic (exact) mass is 283 g/mol. The van der Waals surface area contributed by atoms with Crippen LogP contribution in [0.1, 0.15) is 10.4 Å². The number of ether oxygens (including phenoxy) is 1. The minimum Gasteiger partial charge on any atom is -0.478 e. The van der Waals surface area contributed by atoms with Gasteiger partial charge in [-0.25, -0.2) is 13.6 Å². The van der Waals surface area contributed by atoms with Crippen LogP contribution in [0.3, 0.4) is 0 Å². The fourth-order valence-corrected chi connectivity index (χ4v) is 1.51. The number of carboxylic acids is 1. The van der Waals surface area contributed by atoms with E-state index in [0.29, 0.717) is 0 Å². The van der Waals surface area contributed by atoms with Gasteiger partial charge in [-0.3, -0.25) is 0 Å². The summed E-state index contributed by atoms with van der Waals surface area (Å²) in [5.74, 6) is -5.99. The fourth-order valence-electron chi connectivity index (χ4n) is 1.51. The smallest absolute Gasteiger partial charge is 0.337 e. The summed E-state index contributed by atoms with van der Waals surface area (Å²) in [7, 11) is 0. The third-order valence-electron chi connectivity index (χ3n) is 2.47. The summed E-state index contributed by atoms with van der Waals surface area (Å²) in [6.45, 7) is 0. The highest BCUT2D eigenvalue weighted by Gasteiger charge is 2.17. The zero-order valence-electron chi connectivity index (χ0n) is 9.86. The summed E-state index contributed by atoms with van der Waals surface area (Å²) in [6, 6.07) is 4.65. The number of anilines is 1. The Hall–Kier alpha value is -2.70. The van der Waals surface area contributed by atoms with Gasteiger partial charge in [0.1, 0.15) is 0 Å². The van der Waals surface area contributed by atoms with Gasteiger partial charge in [0.15, 0.2) is 23.1 Å². The van der Waals surface area contributed by atoms with E-state index in [4.69, 9.17) is 15.6 Å². The first-order valence-corrected chi connectivity index (χ1v) is 5.34. The second kappa shape index (κ2) is 5.12. The maximum Gasteiger partial charge on any atom is 0.337 e. The molecule has 3 N–H and O–H groups in total. The van der Waals surface area contributed by atoms with Gasteiger partial charge in [-0.05, 0) is 12.1 Å². The molecule has 0 radical (unpaired) electrons. The Labute approximate surface area is 111 Å². The Morgan fingerprint density at radius 3 is 2.45 bits per heavy atom. The van der Waals surface area contributed by atoms with Crippen molar-refractivity contribution < 1.29 is 27.8 Å². The first-order chi connectivity index (χ1) is 9.40. The van der Waals surface area contributed by atoms with Gasteiger partial charge in [0, 0.05) is 17.8 Å². The van der Waals surface area contributed by atoms with Gasteiger partial charge in [-0.15, -0.1) is 0 Å². The molecular weight excluding hydrogens is 275 g/mol. The summed E-state index contributed by atoms with van der Waals surface area (Å²) in [4.78, 5) is 10.9. The first kappa shape index (κ1) is 13.7. The fraction of sp³-hybridized carbons (Fsp3) is 0. The van der Waals surface area contributed by atoms with Crippen LogP contribution >= 0.6 is 0 Å². The summed E-state index contributed by atoms with van der Waals surface area (Å²) < 4.78 is 44.8. The van der Waals surface area contributed by atoms with Gasteiger partial charge in [-0.1, -0.05) is 6.07 Å². The quantitative estimate of drug-likeness (QED) is 0.848. The predicted molar refractivity (Wildman–Crippen MR) is 64.2 cm³/mol. The molecule has 0 aliphatic rings. The van der Waals surface area contributed by atoms with Crippen molar-refractivity contribution in [3.05, 3.63) is 53.3 Å². The van der Waals surface area contributed by atoms with E-state index in [0.717, 1.165) is 24.3 Å². The number of halogens is 3. The van der Waals surface area contributed by atoms with Crippen LogP contribution in [-0.4, -0.2) is 11.1 Å². The largest absolute Gasteiger partial charge is 0.478 e. The number of hydrogen-bond donors (Lipinski definition) is 2. The molecule has 2 aromatic carbocycles. The minimum atomic E-state index is -1.40. The lowest BCUT2D eigenvalue weighted by molar-refractivity contribution is 0.0697. The van der Waals surface area contributed by atoms with Crippen LogP contribution in [0.2, 0.25) is 0 Å². The molecule has 4 nitrogen and oxygen atoms in total. The molecule has 0 amide bonds. The molecule has 0 atom stereocenters. The molecule has 0 aliphatic carbocycles. The highest BCUT2D eigenvalue weighted by Crippen LogP contribution is 2.30. The van der Waals surface area contributed by atoms with Gasteiger partial charge >= 0.3 is 5.97 Å². The number of nitrogen functional groups attached to an aromatic ring is 1. The molecule has 0 heterocycles. The van der Waals surface area contributed by atoms with Crippen LogP contribution in [-0.2, 0) is 0 Å². The standard InChI is InChI=1S/C13H8F3NO3/c14-7-2-1-3-10(12(7)16)20-11-4-6(13(18)19)9(17)5-8(11)15/h1-5H,17H2,(H,18,19). The average Bonchev–Trinajstić information content (AvgIpc) is 2.37. The van der Waals surface area contributed by atoms with E-state index in [1.54, 1.807) is 0 Å². The number of carbonyl (C=O) groups is 1. The number of nitrogens with two attached hydrogens (primary N) is 1. The molecule has 0 aromatic heterocycles. The molecule has 0 saturated carbocycles. The Kier molecular flexibility index (Phi) is 3.51. The number of rotatable bonds is 3. The Bertz CT molecular complexity index is 689. The molecule has 7 heteroatoms. The van der Waals surface area contributed by atoms with E-state index in [1.165, 1.54) is 6.07 Å². The maximum atomic E-state index is 13.6. The first-order valence-electron chi connectivity index (χ1n) is 5.34. The summed E-state index contributed by atoms with van der Waals surface area (Å²) in [6.07, 6.45) is 0. The van der Waals surface area contributed by atoms with Crippen molar-refractivity contribution in [1.82, 2.24) is 0 Å². The molecule has 0 bridgehead atoms. The maximum absolute atomic E-state index is 13.6. The van der Waals surface area contributed by atoms with E-state index in [1.807, 2.05) is 0 Å². The van der Waals surface area contributed by atoms with Crippen molar-refractivity contribution >= 4 is 11.7 Å². The van der Waals surface area contributed by atoms with Gasteiger partial charge < -0.3 is 15.6 Å². The molecule has 2 aromatic rings. The third kappa shape index (κ3) is 2.51. The predicted octanol–water partition coefficient (Wildman–Crippen LogP) is 3.18. The SMILES string of the molecule is Nc1cc(F)c(Oc2cccc(F)c2F)cc1C(=O)O. The molecule has 0 spiro atoms. The average molecular weight is 283 g/mol. The molecular formula is C13H8F3NO3. The molecule has 104 valence electrons. The van der Waals surface area contributed by atoms with Crippen molar-refractivity contribution in [2.75, 3.05) is 5.73 Å². The zero-order valence-corrected chi connectivity index (χ0v) is 9.86. The highest BCUT2D eigenvalue weighted by molar-refractivity contribution is 5.94. The van der Waals surface area contributed by atoms with E-state index < -0.39 is 40.5 Å². The lowest BCUT2D eigenvalue weighted by Gasteiger charge is -2.10. The van der Waals surface area contributed by atoms with E-state index in [-0.39, 0.29) is 5.69 Å². The number of aromatic carboxylic acids is 1. The zero-order chi connectivity index (χ0) is 14.9. The highest BCUT2D eigenvalue weighted by atomic mass is 19.2. The Morgan fingerprint density at radius 2 is 1.80 bits per heavy atom. The van der Waals surface area contributed by atoms with Crippen LogP contribution in [0.25, 0.3) is 0 Å². The van der Waals surface area contributed by atoms with Gasteiger partial charge in [0.05, 0.1) is 5.56 Å².